The van der Waals surface area contributed by atoms with Gasteiger partial charge in [0, 0.05) is 34.8 Å². The topological polar surface area (TPSA) is 255 Å². The van der Waals surface area contributed by atoms with Crippen molar-refractivity contribution in [1.29, 1.82) is 0 Å². The molecular weight excluding hydrogens is 727 g/mol. The quantitative estimate of drug-likeness (QED) is 0.0471. The molecule has 16 nitrogen and oxygen atoms in total. The highest BCUT2D eigenvalue weighted by Gasteiger charge is 2.22. The number of anilines is 3. The van der Waals surface area contributed by atoms with E-state index in [1.165, 1.54) is 61.5 Å². The summed E-state index contributed by atoms with van der Waals surface area (Å²) in [6.07, 6.45) is 0. The monoisotopic (exact) mass is 752 g/mol. The number of hydrogen-bond donors (Lipinski definition) is 6. The number of fused-ring (bicyclic) bond motifs is 2. The van der Waals surface area contributed by atoms with E-state index in [-0.39, 0.29) is 55.1 Å². The molecule has 1 atom stereocenters. The van der Waals surface area contributed by atoms with Crippen LogP contribution in [0.25, 0.3) is 21.5 Å². The maximum Gasteiger partial charge on any atom is 0.323 e. The largest absolute Gasteiger partial charge is 0.768 e. The number of nitrogens with zero attached hydrogens (tertiary/aromatic N) is 4. The van der Waals surface area contributed by atoms with Crippen molar-refractivity contribution in [3.63, 3.8) is 0 Å². The second kappa shape index (κ2) is 14.9. The zero-order valence-corrected chi connectivity index (χ0v) is 28.8. The van der Waals surface area contributed by atoms with Gasteiger partial charge in [-0.25, -0.2) is 4.79 Å². The van der Waals surface area contributed by atoms with Gasteiger partial charge in [0.25, 0.3) is 10.1 Å². The highest BCUT2D eigenvalue weighted by Crippen LogP contribution is 2.43. The highest BCUT2D eigenvalue weighted by atomic mass is 32.2. The molecule has 18 heteroatoms. The first-order valence-electron chi connectivity index (χ1n) is 15.3. The standard InChI is InChI=1S/C35H27N7O9S2/c1-19(43)36-22-7-9-24(10-8-22)40-42-32-30(53(49,50)51)18-21-16-26(12-14-28(21)34(32)45)38-35(46)37-25-11-13-27-20(15-25)17-29(52(47)48)31(33(27)44)41-39-23-5-3-2-4-6-23/h2-18,44-45H,1H3,(H,36,43)(H,47,48)(H2,37,38,46)(H,49,50,51)/p-1. The number of phenolic OH excluding ortho intramolecular Hbond substituents is 2. The Hall–Kier alpha value is -6.60. The number of benzene rings is 6. The Labute approximate surface area is 303 Å². The van der Waals surface area contributed by atoms with E-state index in [1.54, 1.807) is 42.5 Å². The Kier molecular flexibility index (Phi) is 10.2. The number of rotatable bonds is 9. The first-order valence-corrected chi connectivity index (χ1v) is 17.8. The van der Waals surface area contributed by atoms with Crippen LogP contribution in [0.3, 0.4) is 0 Å². The summed E-state index contributed by atoms with van der Waals surface area (Å²) in [5.74, 6) is -1.31. The molecule has 0 heterocycles. The van der Waals surface area contributed by atoms with E-state index in [4.69, 9.17) is 0 Å². The van der Waals surface area contributed by atoms with E-state index in [9.17, 15) is 41.5 Å². The molecular formula is C35H26N7O9S2-. The lowest BCUT2D eigenvalue weighted by molar-refractivity contribution is -0.114. The van der Waals surface area contributed by atoms with Gasteiger partial charge in [-0.1, -0.05) is 18.2 Å². The van der Waals surface area contributed by atoms with E-state index >= 15 is 0 Å². The molecule has 0 aliphatic rings. The van der Waals surface area contributed by atoms with Crippen molar-refractivity contribution in [2.45, 2.75) is 16.7 Å². The van der Waals surface area contributed by atoms with Crippen LogP contribution < -0.4 is 16.0 Å². The molecule has 0 spiro atoms. The van der Waals surface area contributed by atoms with Crippen LogP contribution >= 0.6 is 0 Å². The lowest BCUT2D eigenvalue weighted by Gasteiger charge is -2.14. The number of nitrogens with one attached hydrogen (secondary N) is 3. The minimum Gasteiger partial charge on any atom is -0.768 e. The molecule has 268 valence electrons. The van der Waals surface area contributed by atoms with E-state index in [2.05, 4.69) is 36.4 Å². The van der Waals surface area contributed by atoms with E-state index in [0.29, 0.717) is 11.4 Å². The molecule has 6 N–H and O–H groups in total. The predicted octanol–water partition coefficient (Wildman–Crippen LogP) is 8.32. The molecule has 0 bridgehead atoms. The molecule has 3 amide bonds. The van der Waals surface area contributed by atoms with E-state index in [0.717, 1.165) is 6.07 Å². The predicted molar refractivity (Wildman–Crippen MR) is 196 cm³/mol. The molecule has 53 heavy (non-hydrogen) atoms. The number of aromatic hydroxyl groups is 2. The minimum absolute atomic E-state index is 0.117. The van der Waals surface area contributed by atoms with Crippen LogP contribution in [0.2, 0.25) is 0 Å². The summed E-state index contributed by atoms with van der Waals surface area (Å²) < 4.78 is 58.7. The normalized spacial score (nSPS) is 12.4. The van der Waals surface area contributed by atoms with Crippen molar-refractivity contribution in [2.24, 2.45) is 20.5 Å². The zero-order valence-electron chi connectivity index (χ0n) is 27.2. The van der Waals surface area contributed by atoms with Gasteiger partial charge in [-0.3, -0.25) is 13.6 Å². The fraction of sp³-hybridized carbons (Fsp3) is 0.0286. The smallest absolute Gasteiger partial charge is 0.323 e. The Balaban J connectivity index is 1.24. The van der Waals surface area contributed by atoms with Crippen LogP contribution in [0.4, 0.5) is 44.6 Å². The van der Waals surface area contributed by atoms with Gasteiger partial charge in [0.05, 0.1) is 16.3 Å². The third-order valence-electron chi connectivity index (χ3n) is 7.55. The summed E-state index contributed by atoms with van der Waals surface area (Å²) in [5.41, 5.74) is 0.801. The number of amides is 3. The average molecular weight is 753 g/mol. The fourth-order valence-corrected chi connectivity index (χ4v) is 6.37. The first kappa shape index (κ1) is 36.2. The van der Waals surface area contributed by atoms with Crippen molar-refractivity contribution in [1.82, 2.24) is 0 Å². The molecule has 6 aromatic carbocycles. The summed E-state index contributed by atoms with van der Waals surface area (Å²) in [4.78, 5) is 23.2. The molecule has 0 aliphatic heterocycles. The van der Waals surface area contributed by atoms with Crippen LogP contribution in [0.15, 0.2) is 133 Å². The Morgan fingerprint density at radius 1 is 0.660 bits per heavy atom. The fourth-order valence-electron chi connectivity index (χ4n) is 5.19. The van der Waals surface area contributed by atoms with Crippen molar-refractivity contribution in [3.05, 3.63) is 103 Å². The lowest BCUT2D eigenvalue weighted by Crippen LogP contribution is -2.19. The van der Waals surface area contributed by atoms with E-state index in [1.807, 2.05) is 0 Å². The Bertz CT molecular complexity index is 2620. The van der Waals surface area contributed by atoms with Gasteiger partial charge in [-0.2, -0.15) is 18.6 Å². The zero-order chi connectivity index (χ0) is 37.9. The van der Waals surface area contributed by atoms with Gasteiger partial charge in [0.1, 0.15) is 16.3 Å². The maximum atomic E-state index is 13.0. The summed E-state index contributed by atoms with van der Waals surface area (Å²) in [6.45, 7) is 1.35. The number of hydrogen-bond acceptors (Lipinski definition) is 12. The Morgan fingerprint density at radius 3 is 1.72 bits per heavy atom. The molecule has 0 aliphatic carbocycles. The average Bonchev–Trinajstić information content (AvgIpc) is 3.11. The van der Waals surface area contributed by atoms with Crippen LogP contribution in [0.5, 0.6) is 11.5 Å². The minimum atomic E-state index is -4.93. The summed E-state index contributed by atoms with van der Waals surface area (Å²) in [7, 11) is -4.93. The molecule has 6 aromatic rings. The number of azo groups is 2. The molecule has 0 radical (unpaired) electrons. The maximum absolute atomic E-state index is 13.0. The van der Waals surface area contributed by atoms with Crippen LogP contribution in [-0.4, -0.2) is 43.9 Å². The SMILES string of the molecule is CC(=O)Nc1ccc(N=Nc2c(S(=O)(=O)O)cc3cc(NC(=O)Nc4ccc5c(O)c(N=Nc6ccccc6)c(S(=O)[O-])cc5c4)ccc3c2O)cc1. The molecule has 0 aromatic heterocycles. The summed E-state index contributed by atoms with van der Waals surface area (Å²) in [6, 6.07) is 24.7. The van der Waals surface area contributed by atoms with Gasteiger partial charge >= 0.3 is 6.03 Å². The van der Waals surface area contributed by atoms with Crippen molar-refractivity contribution in [2.75, 3.05) is 16.0 Å². The van der Waals surface area contributed by atoms with Gasteiger partial charge in [0.15, 0.2) is 11.5 Å². The Morgan fingerprint density at radius 2 is 1.17 bits per heavy atom. The number of urea groups is 1. The number of carbonyl (C=O) groups is 2. The van der Waals surface area contributed by atoms with Gasteiger partial charge < -0.3 is 30.7 Å². The summed E-state index contributed by atoms with van der Waals surface area (Å²) >= 11 is -2.80. The molecule has 0 saturated heterocycles. The van der Waals surface area contributed by atoms with Crippen molar-refractivity contribution >= 4 is 94.5 Å². The third-order valence-corrected chi connectivity index (χ3v) is 9.09. The highest BCUT2D eigenvalue weighted by molar-refractivity contribution is 7.86. The second-order valence-electron chi connectivity index (χ2n) is 11.3. The van der Waals surface area contributed by atoms with E-state index < -0.39 is 49.3 Å². The lowest BCUT2D eigenvalue weighted by atomic mass is 10.1. The van der Waals surface area contributed by atoms with Gasteiger partial charge in [-0.05, 0) is 107 Å². The van der Waals surface area contributed by atoms with Crippen LogP contribution in [0, 0.1) is 0 Å². The molecule has 0 fully saturated rings. The van der Waals surface area contributed by atoms with Gasteiger partial charge in [-0.15, -0.1) is 10.2 Å². The third kappa shape index (κ3) is 8.32. The molecule has 6 rings (SSSR count). The van der Waals surface area contributed by atoms with Crippen molar-refractivity contribution in [3.8, 4) is 11.5 Å². The van der Waals surface area contributed by atoms with Crippen molar-refractivity contribution < 1.29 is 41.5 Å². The first-order chi connectivity index (χ1) is 25.3. The second-order valence-corrected chi connectivity index (χ2v) is 13.6. The van der Waals surface area contributed by atoms with Gasteiger partial charge in [0.2, 0.25) is 5.91 Å². The molecule has 1 unspecified atom stereocenters. The summed E-state index contributed by atoms with van der Waals surface area (Å²) in [5, 5.41) is 46.2. The van der Waals surface area contributed by atoms with Crippen LogP contribution in [-0.2, 0) is 26.0 Å². The number of phenols is 2. The van der Waals surface area contributed by atoms with Crippen LogP contribution in [0.1, 0.15) is 6.92 Å². The number of carbonyl (C=O) groups excluding carboxylic acids is 2. The molecule has 0 saturated carbocycles.